The smallest absolute Gasteiger partial charge is 0.354 e. The lowest BCUT2D eigenvalue weighted by atomic mass is 10.2. The largest absolute Gasteiger partial charge is 0.464 e. The zero-order valence-electron chi connectivity index (χ0n) is 10.9. The van der Waals surface area contributed by atoms with Crippen molar-refractivity contribution in [3.63, 3.8) is 0 Å². The first-order chi connectivity index (χ1) is 8.10. The highest BCUT2D eigenvalue weighted by Gasteiger charge is 2.25. The van der Waals surface area contributed by atoms with E-state index < -0.39 is 5.97 Å². The number of piperazine rings is 1. The number of hydrogen-bond donors (Lipinski definition) is 0. The molecule has 0 unspecified atom stereocenters. The van der Waals surface area contributed by atoms with E-state index in [0.717, 1.165) is 38.4 Å². The molecule has 1 aliphatic rings. The van der Waals surface area contributed by atoms with Crippen LogP contribution in [0.3, 0.4) is 0 Å². The fourth-order valence-corrected chi connectivity index (χ4v) is 1.70. The minimum Gasteiger partial charge on any atom is -0.464 e. The molecular weight excluding hydrogens is 218 g/mol. The van der Waals surface area contributed by atoms with Crippen molar-refractivity contribution >= 4 is 11.8 Å². The van der Waals surface area contributed by atoms with Gasteiger partial charge < -0.3 is 9.64 Å². The Morgan fingerprint density at radius 2 is 2.24 bits per heavy atom. The van der Waals surface area contributed by atoms with E-state index in [-0.39, 0.29) is 0 Å². The third kappa shape index (κ3) is 3.56. The van der Waals surface area contributed by atoms with Gasteiger partial charge in [-0.15, -0.1) is 0 Å². The molecule has 1 saturated heterocycles. The molecule has 0 amide bonds. The molecule has 0 aromatic heterocycles. The lowest BCUT2D eigenvalue weighted by molar-refractivity contribution is -0.137. The molecule has 1 heterocycles. The molecule has 0 radical (unpaired) electrons. The van der Waals surface area contributed by atoms with E-state index in [1.807, 2.05) is 11.9 Å². The molecule has 0 bridgehead atoms. The van der Waals surface area contributed by atoms with Crippen LogP contribution in [0.1, 0.15) is 13.3 Å². The van der Waals surface area contributed by atoms with Crippen molar-refractivity contribution in [3.8, 4) is 0 Å². The number of aliphatic imine (C=N–C) groups is 1. The van der Waals surface area contributed by atoms with Crippen molar-refractivity contribution < 1.29 is 9.53 Å². The fraction of sp³-hybridized carbons (Fsp3) is 0.667. The summed E-state index contributed by atoms with van der Waals surface area (Å²) in [5.41, 5.74) is 0.371. The van der Waals surface area contributed by atoms with E-state index in [4.69, 9.17) is 4.74 Å². The summed E-state index contributed by atoms with van der Waals surface area (Å²) in [6.07, 6.45) is 0.992. The van der Waals surface area contributed by atoms with Crippen molar-refractivity contribution in [2.75, 3.05) is 40.3 Å². The minimum absolute atomic E-state index is 0.371. The lowest BCUT2D eigenvalue weighted by Gasteiger charge is -2.35. The second kappa shape index (κ2) is 6.39. The quantitative estimate of drug-likeness (QED) is 0.536. The van der Waals surface area contributed by atoms with Gasteiger partial charge in [0.2, 0.25) is 0 Å². The number of carbonyl (C=O) groups excluding carboxylic acids is 1. The summed E-state index contributed by atoms with van der Waals surface area (Å²) in [6.45, 7) is 9.00. The maximum absolute atomic E-state index is 11.5. The van der Waals surface area contributed by atoms with Gasteiger partial charge in [0, 0.05) is 19.6 Å². The number of nitrogens with zero attached hydrogens (tertiary/aromatic N) is 3. The molecule has 0 spiro atoms. The molecule has 1 aliphatic heterocycles. The Balaban J connectivity index is 2.80. The minimum atomic E-state index is -0.390. The number of likely N-dealkylation sites (N-methyl/N-ethyl adjacent to an activating group) is 1. The van der Waals surface area contributed by atoms with Crippen molar-refractivity contribution in [2.45, 2.75) is 13.3 Å². The van der Waals surface area contributed by atoms with Gasteiger partial charge in [-0.2, -0.15) is 0 Å². The fourth-order valence-electron chi connectivity index (χ4n) is 1.70. The highest BCUT2D eigenvalue weighted by atomic mass is 16.5. The van der Waals surface area contributed by atoms with Crippen LogP contribution in [0.2, 0.25) is 0 Å². The van der Waals surface area contributed by atoms with Crippen LogP contribution in [-0.2, 0) is 9.53 Å². The molecule has 0 aromatic carbocycles. The normalized spacial score (nSPS) is 19.5. The molecule has 5 heteroatoms. The summed E-state index contributed by atoms with van der Waals surface area (Å²) in [6, 6.07) is 0. The lowest BCUT2D eigenvalue weighted by Crippen LogP contribution is -2.49. The van der Waals surface area contributed by atoms with E-state index >= 15 is 0 Å². The van der Waals surface area contributed by atoms with Gasteiger partial charge in [0.1, 0.15) is 11.5 Å². The van der Waals surface area contributed by atoms with Crippen LogP contribution in [-0.4, -0.2) is 61.9 Å². The van der Waals surface area contributed by atoms with Crippen molar-refractivity contribution in [1.82, 2.24) is 9.80 Å². The third-order valence-electron chi connectivity index (χ3n) is 2.69. The van der Waals surface area contributed by atoms with Gasteiger partial charge in [-0.1, -0.05) is 13.5 Å². The van der Waals surface area contributed by atoms with Crippen LogP contribution in [0.5, 0.6) is 0 Å². The molecule has 1 fully saturated rings. The molecule has 0 saturated carbocycles. The standard InChI is InChI=1S/C12H21N3O2/c1-5-6-13-11-9-14(3)7-8-15(11)10(2)12(16)17-4/h2,5-9H2,1,3-4H3/b13-11-. The Bertz CT molecular complexity index is 326. The maximum Gasteiger partial charge on any atom is 0.354 e. The number of rotatable bonds is 4. The summed E-state index contributed by atoms with van der Waals surface area (Å²) < 4.78 is 4.70. The number of esters is 1. The predicted octanol–water partition coefficient (Wildman–Crippen LogP) is 0.729. The molecule has 0 aliphatic carbocycles. The van der Waals surface area contributed by atoms with Gasteiger partial charge >= 0.3 is 5.97 Å². The average molecular weight is 239 g/mol. The highest BCUT2D eigenvalue weighted by molar-refractivity contribution is 5.96. The second-order valence-corrected chi connectivity index (χ2v) is 4.13. The molecule has 1 rings (SSSR count). The van der Waals surface area contributed by atoms with Crippen LogP contribution in [0, 0.1) is 0 Å². The van der Waals surface area contributed by atoms with Crippen LogP contribution in [0.25, 0.3) is 0 Å². The van der Waals surface area contributed by atoms with E-state index in [1.165, 1.54) is 7.11 Å². The Morgan fingerprint density at radius 3 is 2.82 bits per heavy atom. The molecule has 96 valence electrons. The summed E-state index contributed by atoms with van der Waals surface area (Å²) in [4.78, 5) is 20.0. The Labute approximate surface area is 103 Å². The number of ether oxygens (including phenoxy) is 1. The predicted molar refractivity (Wildman–Crippen MR) is 68.0 cm³/mol. The number of hydrogen-bond acceptors (Lipinski definition) is 4. The number of methoxy groups -OCH3 is 1. The molecule has 0 atom stereocenters. The van der Waals surface area contributed by atoms with Crippen LogP contribution >= 0.6 is 0 Å². The zero-order chi connectivity index (χ0) is 12.8. The van der Waals surface area contributed by atoms with Crippen LogP contribution in [0.4, 0.5) is 0 Å². The van der Waals surface area contributed by atoms with Crippen molar-refractivity contribution in [1.29, 1.82) is 0 Å². The van der Waals surface area contributed by atoms with Gasteiger partial charge in [0.25, 0.3) is 0 Å². The number of carbonyl (C=O) groups is 1. The summed E-state index contributed by atoms with van der Waals surface area (Å²) in [5, 5.41) is 0. The highest BCUT2D eigenvalue weighted by Crippen LogP contribution is 2.11. The maximum atomic E-state index is 11.5. The van der Waals surface area contributed by atoms with E-state index in [9.17, 15) is 4.79 Å². The van der Waals surface area contributed by atoms with E-state index in [0.29, 0.717) is 5.70 Å². The third-order valence-corrected chi connectivity index (χ3v) is 2.69. The van der Waals surface area contributed by atoms with Gasteiger partial charge in [-0.05, 0) is 13.5 Å². The van der Waals surface area contributed by atoms with Crippen LogP contribution in [0.15, 0.2) is 17.3 Å². The first-order valence-corrected chi connectivity index (χ1v) is 5.86. The van der Waals surface area contributed by atoms with Gasteiger partial charge in [0.15, 0.2) is 0 Å². The van der Waals surface area contributed by atoms with Gasteiger partial charge in [0.05, 0.1) is 13.7 Å². The molecule has 17 heavy (non-hydrogen) atoms. The molecular formula is C12H21N3O2. The molecule has 0 aromatic rings. The van der Waals surface area contributed by atoms with Gasteiger partial charge in [-0.3, -0.25) is 9.89 Å². The topological polar surface area (TPSA) is 45.1 Å². The second-order valence-electron chi connectivity index (χ2n) is 4.13. The number of amidine groups is 1. The van der Waals surface area contributed by atoms with E-state index in [2.05, 4.69) is 23.4 Å². The first-order valence-electron chi connectivity index (χ1n) is 5.86. The SMILES string of the molecule is C=C(C(=O)OC)N1CCN(C)C/C1=N/CCC. The van der Waals surface area contributed by atoms with E-state index in [1.54, 1.807) is 0 Å². The Hall–Kier alpha value is -1.36. The average Bonchev–Trinajstić information content (AvgIpc) is 2.34. The Kier molecular flexibility index (Phi) is 5.15. The van der Waals surface area contributed by atoms with Crippen molar-refractivity contribution in [2.24, 2.45) is 4.99 Å². The van der Waals surface area contributed by atoms with Gasteiger partial charge in [-0.25, -0.2) is 4.79 Å². The summed E-state index contributed by atoms with van der Waals surface area (Å²) >= 11 is 0. The van der Waals surface area contributed by atoms with Crippen molar-refractivity contribution in [3.05, 3.63) is 12.3 Å². The summed E-state index contributed by atoms with van der Waals surface area (Å²) in [5.74, 6) is 0.509. The molecule has 5 nitrogen and oxygen atoms in total. The molecule has 0 N–H and O–H groups in total. The summed E-state index contributed by atoms with van der Waals surface area (Å²) in [7, 11) is 3.41. The first kappa shape index (κ1) is 13.7. The zero-order valence-corrected chi connectivity index (χ0v) is 10.9. The monoisotopic (exact) mass is 239 g/mol. The Morgan fingerprint density at radius 1 is 1.53 bits per heavy atom. The van der Waals surface area contributed by atoms with Crippen LogP contribution < -0.4 is 0 Å².